The molecular weight excluding hydrogens is 448 g/mol. The van der Waals surface area contributed by atoms with Gasteiger partial charge in [-0.25, -0.2) is 0 Å². The molecule has 2 amide bonds. The maximum Gasteiger partial charge on any atom is 0.305 e. The van der Waals surface area contributed by atoms with Crippen LogP contribution in [0.1, 0.15) is 58.8 Å². The number of fused-ring (bicyclic) bond motifs is 1. The molecule has 2 aromatic carbocycles. The van der Waals surface area contributed by atoms with E-state index in [1.165, 1.54) is 0 Å². The first-order chi connectivity index (χ1) is 16.8. The van der Waals surface area contributed by atoms with Crippen molar-refractivity contribution in [1.82, 2.24) is 10.6 Å². The number of amides is 2. The molecule has 0 aliphatic carbocycles. The SMILES string of the molecule is Cc1ccc(C(=O)NCCCCC(C(=O)N[C@@H](C=O)CC(=O)O)c2cc3ccccc3o2)cc1C. The van der Waals surface area contributed by atoms with Gasteiger partial charge in [0.2, 0.25) is 5.91 Å². The molecule has 0 saturated carbocycles. The van der Waals surface area contributed by atoms with E-state index in [0.29, 0.717) is 49.0 Å². The second-order valence-electron chi connectivity index (χ2n) is 8.64. The average Bonchev–Trinajstić information content (AvgIpc) is 3.25. The monoisotopic (exact) mass is 478 g/mol. The molecule has 8 heteroatoms. The van der Waals surface area contributed by atoms with Crippen LogP contribution in [0.2, 0.25) is 0 Å². The van der Waals surface area contributed by atoms with E-state index in [2.05, 4.69) is 10.6 Å². The van der Waals surface area contributed by atoms with Gasteiger partial charge in [-0.3, -0.25) is 14.4 Å². The van der Waals surface area contributed by atoms with Gasteiger partial charge < -0.3 is 25.0 Å². The Hall–Kier alpha value is -3.94. The van der Waals surface area contributed by atoms with E-state index < -0.39 is 30.3 Å². The van der Waals surface area contributed by atoms with Gasteiger partial charge in [-0.2, -0.15) is 0 Å². The third-order valence-electron chi connectivity index (χ3n) is 5.97. The summed E-state index contributed by atoms with van der Waals surface area (Å²) in [4.78, 5) is 47.6. The number of nitrogens with one attached hydrogen (secondary N) is 2. The molecule has 35 heavy (non-hydrogen) atoms. The first-order valence-corrected chi connectivity index (χ1v) is 11.6. The van der Waals surface area contributed by atoms with E-state index in [4.69, 9.17) is 9.52 Å². The Labute approximate surface area is 203 Å². The second-order valence-corrected chi connectivity index (χ2v) is 8.64. The van der Waals surface area contributed by atoms with Gasteiger partial charge in [-0.15, -0.1) is 0 Å². The molecule has 1 aromatic heterocycles. The molecule has 1 heterocycles. The summed E-state index contributed by atoms with van der Waals surface area (Å²) < 4.78 is 5.89. The van der Waals surface area contributed by atoms with E-state index in [-0.39, 0.29) is 5.91 Å². The standard InChI is InChI=1S/C27H30N2O6/c1-17-10-11-20(13-18(17)2)26(33)28-12-6-5-8-22(27(34)29-21(16-30)15-25(31)32)24-14-19-7-3-4-9-23(19)35-24/h3-4,7,9-11,13-14,16,21-22H,5-6,8,12,15H2,1-2H3,(H,28,33)(H,29,34)(H,31,32)/t21-,22?/m1/s1. The molecule has 0 fully saturated rings. The van der Waals surface area contributed by atoms with E-state index in [1.54, 1.807) is 18.2 Å². The quantitative estimate of drug-likeness (QED) is 0.268. The minimum absolute atomic E-state index is 0.151. The Kier molecular flexibility index (Phi) is 8.78. The zero-order valence-electron chi connectivity index (χ0n) is 19.9. The van der Waals surface area contributed by atoms with Crippen LogP contribution in [0.4, 0.5) is 0 Å². The Morgan fingerprint density at radius 1 is 1.03 bits per heavy atom. The number of hydrogen-bond acceptors (Lipinski definition) is 5. The van der Waals surface area contributed by atoms with Gasteiger partial charge in [-0.05, 0) is 62.1 Å². The highest BCUT2D eigenvalue weighted by molar-refractivity contribution is 5.94. The Morgan fingerprint density at radius 2 is 1.80 bits per heavy atom. The van der Waals surface area contributed by atoms with Crippen molar-refractivity contribution in [3.8, 4) is 0 Å². The van der Waals surface area contributed by atoms with E-state index >= 15 is 0 Å². The first kappa shape index (κ1) is 25.7. The minimum Gasteiger partial charge on any atom is -0.481 e. The molecule has 3 N–H and O–H groups in total. The lowest BCUT2D eigenvalue weighted by Crippen LogP contribution is -2.40. The van der Waals surface area contributed by atoms with Crippen LogP contribution in [0, 0.1) is 13.8 Å². The van der Waals surface area contributed by atoms with Crippen molar-refractivity contribution in [3.63, 3.8) is 0 Å². The number of carboxylic acids is 1. The van der Waals surface area contributed by atoms with Crippen LogP contribution in [0.25, 0.3) is 11.0 Å². The van der Waals surface area contributed by atoms with Crippen molar-refractivity contribution in [2.75, 3.05) is 6.54 Å². The molecule has 2 atom stereocenters. The van der Waals surface area contributed by atoms with E-state index in [9.17, 15) is 19.2 Å². The Balaban J connectivity index is 1.62. The molecule has 0 spiro atoms. The summed E-state index contributed by atoms with van der Waals surface area (Å²) in [6, 6.07) is 13.6. The van der Waals surface area contributed by atoms with Gasteiger partial charge in [-0.1, -0.05) is 30.7 Å². The van der Waals surface area contributed by atoms with Crippen LogP contribution in [0.15, 0.2) is 52.9 Å². The number of carboxylic acid groups (broad SMARTS) is 1. The van der Waals surface area contributed by atoms with Crippen LogP contribution >= 0.6 is 0 Å². The molecule has 184 valence electrons. The van der Waals surface area contributed by atoms with Crippen molar-refractivity contribution >= 4 is 35.0 Å². The predicted molar refractivity (Wildman–Crippen MR) is 131 cm³/mol. The number of carbonyl (C=O) groups excluding carboxylic acids is 3. The third kappa shape index (κ3) is 7.02. The molecule has 0 bridgehead atoms. The largest absolute Gasteiger partial charge is 0.481 e. The summed E-state index contributed by atoms with van der Waals surface area (Å²) in [6.07, 6.45) is 1.57. The lowest BCUT2D eigenvalue weighted by molar-refractivity contribution is -0.138. The van der Waals surface area contributed by atoms with Gasteiger partial charge in [0.05, 0.1) is 18.4 Å². The molecule has 0 radical (unpaired) electrons. The molecule has 3 aromatic rings. The lowest BCUT2D eigenvalue weighted by atomic mass is 9.97. The van der Waals surface area contributed by atoms with Gasteiger partial charge in [0, 0.05) is 17.5 Å². The zero-order valence-corrected chi connectivity index (χ0v) is 19.9. The van der Waals surface area contributed by atoms with Gasteiger partial charge in [0.1, 0.15) is 17.6 Å². The maximum absolute atomic E-state index is 13.0. The fraction of sp³-hybridized carbons (Fsp3) is 0.333. The van der Waals surface area contributed by atoms with E-state index in [0.717, 1.165) is 16.5 Å². The molecule has 0 aliphatic rings. The number of aldehydes is 1. The molecule has 0 aliphatic heterocycles. The number of carbonyl (C=O) groups is 4. The lowest BCUT2D eigenvalue weighted by Gasteiger charge is -2.17. The Morgan fingerprint density at radius 3 is 2.49 bits per heavy atom. The first-order valence-electron chi connectivity index (χ1n) is 11.6. The summed E-state index contributed by atoms with van der Waals surface area (Å²) in [7, 11) is 0. The van der Waals surface area contributed by atoms with Crippen molar-refractivity contribution in [2.45, 2.75) is 51.5 Å². The second kappa shape index (κ2) is 12.0. The highest BCUT2D eigenvalue weighted by Crippen LogP contribution is 2.29. The number of para-hydroxylation sites is 1. The van der Waals surface area contributed by atoms with Crippen molar-refractivity contribution < 1.29 is 28.7 Å². The van der Waals surface area contributed by atoms with Crippen LogP contribution in [0.3, 0.4) is 0 Å². The Bertz CT molecular complexity index is 1180. The summed E-state index contributed by atoms with van der Waals surface area (Å²) in [6.45, 7) is 4.39. The predicted octanol–water partition coefficient (Wildman–Crippen LogP) is 3.89. The number of benzene rings is 2. The van der Waals surface area contributed by atoms with Crippen molar-refractivity contribution in [2.24, 2.45) is 0 Å². The van der Waals surface area contributed by atoms with Crippen LogP contribution in [0.5, 0.6) is 0 Å². The van der Waals surface area contributed by atoms with Gasteiger partial charge in [0.15, 0.2) is 0 Å². The smallest absolute Gasteiger partial charge is 0.305 e. The van der Waals surface area contributed by atoms with Gasteiger partial charge in [0.25, 0.3) is 5.91 Å². The third-order valence-corrected chi connectivity index (χ3v) is 5.97. The highest BCUT2D eigenvalue weighted by Gasteiger charge is 2.27. The van der Waals surface area contributed by atoms with Crippen molar-refractivity contribution in [1.29, 1.82) is 0 Å². The van der Waals surface area contributed by atoms with E-state index in [1.807, 2.05) is 44.2 Å². The number of furan rings is 1. The summed E-state index contributed by atoms with van der Waals surface area (Å²) in [5, 5.41) is 15.2. The van der Waals surface area contributed by atoms with Gasteiger partial charge >= 0.3 is 5.97 Å². The number of unbranched alkanes of at least 4 members (excludes halogenated alkanes) is 1. The number of rotatable bonds is 12. The molecule has 8 nitrogen and oxygen atoms in total. The molecule has 3 rings (SSSR count). The summed E-state index contributed by atoms with van der Waals surface area (Å²) in [5.41, 5.74) is 3.41. The summed E-state index contributed by atoms with van der Waals surface area (Å²) in [5.74, 6) is -2.05. The topological polar surface area (TPSA) is 126 Å². The average molecular weight is 479 g/mol. The zero-order chi connectivity index (χ0) is 25.4. The minimum atomic E-state index is -1.18. The van der Waals surface area contributed by atoms with Crippen LogP contribution in [-0.4, -0.2) is 41.8 Å². The number of aliphatic carboxylic acids is 1. The van der Waals surface area contributed by atoms with Crippen LogP contribution in [-0.2, 0) is 14.4 Å². The fourth-order valence-electron chi connectivity index (χ4n) is 3.84. The normalized spacial score (nSPS) is 12.6. The summed E-state index contributed by atoms with van der Waals surface area (Å²) >= 11 is 0. The number of aryl methyl sites for hydroxylation is 2. The van der Waals surface area contributed by atoms with Crippen LogP contribution < -0.4 is 10.6 Å². The van der Waals surface area contributed by atoms with Crippen molar-refractivity contribution in [3.05, 3.63) is 71.0 Å². The molecule has 1 unspecified atom stereocenters. The maximum atomic E-state index is 13.0. The molecule has 0 saturated heterocycles. The highest BCUT2D eigenvalue weighted by atomic mass is 16.4. The fourth-order valence-corrected chi connectivity index (χ4v) is 3.84. The molecular formula is C27H30N2O6. The number of hydrogen-bond donors (Lipinski definition) is 3.